The predicted molar refractivity (Wildman–Crippen MR) is 100 cm³/mol. The van der Waals surface area contributed by atoms with Gasteiger partial charge in [0.2, 0.25) is 10.0 Å². The van der Waals surface area contributed by atoms with Crippen LogP contribution in [0.5, 0.6) is 11.5 Å². The molecule has 0 fully saturated rings. The summed E-state index contributed by atoms with van der Waals surface area (Å²) < 4.78 is 32.4. The third kappa shape index (κ3) is 4.77. The molecule has 2 aromatic rings. The van der Waals surface area contributed by atoms with Crippen LogP contribution in [0.15, 0.2) is 35.2 Å². The fourth-order valence-corrected chi connectivity index (χ4v) is 4.17. The van der Waals surface area contributed by atoms with Gasteiger partial charge >= 0.3 is 0 Å². The van der Waals surface area contributed by atoms with E-state index in [-0.39, 0.29) is 43.2 Å². The molecule has 0 aliphatic carbocycles. The Labute approximate surface area is 165 Å². The van der Waals surface area contributed by atoms with E-state index in [0.29, 0.717) is 0 Å². The Morgan fingerprint density at radius 3 is 2.12 bits per heavy atom. The first kappa shape index (κ1) is 20.7. The summed E-state index contributed by atoms with van der Waals surface area (Å²) in [7, 11) is -3.79. The van der Waals surface area contributed by atoms with Crippen molar-refractivity contribution < 1.29 is 18.1 Å². The maximum Gasteiger partial charge on any atom is 0.271 e. The summed E-state index contributed by atoms with van der Waals surface area (Å²) in [6, 6.07) is 5.67. The van der Waals surface area contributed by atoms with Crippen molar-refractivity contribution in [2.75, 3.05) is 0 Å². The zero-order valence-corrected chi connectivity index (χ0v) is 16.6. The van der Waals surface area contributed by atoms with Crippen LogP contribution < -0.4 is 9.46 Å². The van der Waals surface area contributed by atoms with Crippen molar-refractivity contribution in [1.29, 1.82) is 0 Å². The number of benzene rings is 2. The van der Waals surface area contributed by atoms with E-state index in [0.717, 1.165) is 6.07 Å². The molecule has 2 aromatic carbocycles. The molecular formula is C15H13Cl3N2O5S. The van der Waals surface area contributed by atoms with E-state index < -0.39 is 14.9 Å². The third-order valence-electron chi connectivity index (χ3n) is 3.01. The van der Waals surface area contributed by atoms with Crippen LogP contribution in [0.2, 0.25) is 15.1 Å². The molecule has 1 N–H and O–H groups in total. The zero-order valence-electron chi connectivity index (χ0n) is 13.5. The molecular weight excluding hydrogens is 427 g/mol. The second kappa shape index (κ2) is 7.98. The van der Waals surface area contributed by atoms with Gasteiger partial charge in [0.15, 0.2) is 5.75 Å². The number of nitro groups is 1. The maximum absolute atomic E-state index is 12.2. The van der Waals surface area contributed by atoms with Crippen LogP contribution in [0.25, 0.3) is 0 Å². The maximum atomic E-state index is 12.2. The van der Waals surface area contributed by atoms with E-state index in [1.54, 1.807) is 13.8 Å². The van der Waals surface area contributed by atoms with Crippen molar-refractivity contribution in [3.63, 3.8) is 0 Å². The highest BCUT2D eigenvalue weighted by Crippen LogP contribution is 2.41. The summed E-state index contributed by atoms with van der Waals surface area (Å²) >= 11 is 18.2. The molecule has 0 aliphatic rings. The first-order chi connectivity index (χ1) is 12.0. The van der Waals surface area contributed by atoms with Gasteiger partial charge in [0.05, 0.1) is 24.9 Å². The van der Waals surface area contributed by atoms with Crippen LogP contribution >= 0.6 is 34.8 Å². The lowest BCUT2D eigenvalue weighted by atomic mass is 10.3. The van der Waals surface area contributed by atoms with Gasteiger partial charge < -0.3 is 4.74 Å². The van der Waals surface area contributed by atoms with Crippen molar-refractivity contribution >= 4 is 50.5 Å². The number of sulfonamides is 1. The molecule has 0 heterocycles. The molecule has 0 aliphatic heterocycles. The van der Waals surface area contributed by atoms with E-state index in [2.05, 4.69) is 4.72 Å². The Hall–Kier alpha value is -1.58. The average molecular weight is 440 g/mol. The normalized spacial score (nSPS) is 11.6. The van der Waals surface area contributed by atoms with Gasteiger partial charge in [-0.2, -0.15) is 0 Å². The summed E-state index contributed by atoms with van der Waals surface area (Å²) in [6.45, 7) is 3.35. The molecule has 2 rings (SSSR count). The predicted octanol–water partition coefficient (Wildman–Crippen LogP) is 5.03. The fraction of sp³-hybridized carbons (Fsp3) is 0.200. The Kier molecular flexibility index (Phi) is 6.36. The molecule has 0 saturated heterocycles. The molecule has 7 nitrogen and oxygen atoms in total. The van der Waals surface area contributed by atoms with Gasteiger partial charge in [0.25, 0.3) is 5.69 Å². The van der Waals surface area contributed by atoms with Crippen LogP contribution in [-0.4, -0.2) is 19.4 Å². The van der Waals surface area contributed by atoms with Gasteiger partial charge in [-0.15, -0.1) is 0 Å². The molecule has 0 aromatic heterocycles. The minimum absolute atomic E-state index is 0.0208. The van der Waals surface area contributed by atoms with Gasteiger partial charge in [-0.05, 0) is 32.0 Å². The third-order valence-corrected chi connectivity index (χ3v) is 5.51. The molecule has 26 heavy (non-hydrogen) atoms. The van der Waals surface area contributed by atoms with Crippen LogP contribution in [0.4, 0.5) is 5.69 Å². The second-order valence-electron chi connectivity index (χ2n) is 5.47. The monoisotopic (exact) mass is 438 g/mol. The number of rotatable bonds is 6. The Bertz CT molecular complexity index is 941. The Morgan fingerprint density at radius 1 is 1.08 bits per heavy atom. The lowest BCUT2D eigenvalue weighted by Gasteiger charge is -2.14. The smallest absolute Gasteiger partial charge is 0.271 e. The summed E-state index contributed by atoms with van der Waals surface area (Å²) in [5, 5.41) is 10.6. The number of nitrogens with one attached hydrogen (secondary N) is 1. The molecule has 0 radical (unpaired) electrons. The molecule has 140 valence electrons. The lowest BCUT2D eigenvalue weighted by molar-refractivity contribution is -0.384. The number of nitro benzene ring substituents is 1. The van der Waals surface area contributed by atoms with E-state index in [1.807, 2.05) is 0 Å². The van der Waals surface area contributed by atoms with Crippen molar-refractivity contribution in [3.05, 3.63) is 55.5 Å². The van der Waals surface area contributed by atoms with Crippen LogP contribution in [0, 0.1) is 10.1 Å². The Morgan fingerprint density at radius 2 is 1.65 bits per heavy atom. The van der Waals surface area contributed by atoms with Gasteiger partial charge in [0.1, 0.15) is 5.75 Å². The number of halogens is 3. The fourth-order valence-electron chi connectivity index (χ4n) is 1.96. The van der Waals surface area contributed by atoms with E-state index in [9.17, 15) is 18.5 Å². The van der Waals surface area contributed by atoms with Crippen molar-refractivity contribution in [2.45, 2.75) is 24.8 Å². The molecule has 0 atom stereocenters. The highest BCUT2D eigenvalue weighted by molar-refractivity contribution is 7.89. The number of hydrogen-bond acceptors (Lipinski definition) is 5. The van der Waals surface area contributed by atoms with Gasteiger partial charge in [0, 0.05) is 18.2 Å². The van der Waals surface area contributed by atoms with Crippen molar-refractivity contribution in [2.24, 2.45) is 0 Å². The standard InChI is InChI=1S/C15H13Cl3N2O5S/c1-8(2)19-26(23,24)10-6-12(17)15(13(18)7-10)25-14-4-3-9(20(21)22)5-11(14)16/h3-8,19H,1-2H3. The lowest BCUT2D eigenvalue weighted by Crippen LogP contribution is -2.30. The molecule has 0 spiro atoms. The van der Waals surface area contributed by atoms with E-state index in [4.69, 9.17) is 39.5 Å². The van der Waals surface area contributed by atoms with Gasteiger partial charge in [-0.1, -0.05) is 34.8 Å². The van der Waals surface area contributed by atoms with Crippen LogP contribution in [0.1, 0.15) is 13.8 Å². The first-order valence-electron chi connectivity index (χ1n) is 7.14. The number of non-ortho nitro benzene ring substituents is 1. The van der Waals surface area contributed by atoms with E-state index in [1.165, 1.54) is 24.3 Å². The molecule has 0 amide bonds. The topological polar surface area (TPSA) is 98.5 Å². The second-order valence-corrected chi connectivity index (χ2v) is 8.40. The summed E-state index contributed by atoms with van der Waals surface area (Å²) in [6.07, 6.45) is 0. The average Bonchev–Trinajstić information content (AvgIpc) is 2.50. The minimum Gasteiger partial charge on any atom is -0.453 e. The first-order valence-corrected chi connectivity index (χ1v) is 9.76. The van der Waals surface area contributed by atoms with Crippen LogP contribution in [-0.2, 0) is 10.0 Å². The Balaban J connectivity index is 2.39. The van der Waals surface area contributed by atoms with Gasteiger partial charge in [-0.25, -0.2) is 13.1 Å². The highest BCUT2D eigenvalue weighted by Gasteiger charge is 2.21. The summed E-state index contributed by atoms with van der Waals surface area (Å²) in [5.74, 6) is 0.0598. The summed E-state index contributed by atoms with van der Waals surface area (Å²) in [4.78, 5) is 10.0. The SMILES string of the molecule is CC(C)NS(=O)(=O)c1cc(Cl)c(Oc2ccc([N+](=O)[O-])cc2Cl)c(Cl)c1. The van der Waals surface area contributed by atoms with Crippen molar-refractivity contribution in [1.82, 2.24) is 4.72 Å². The molecule has 11 heteroatoms. The molecule has 0 unspecified atom stereocenters. The largest absolute Gasteiger partial charge is 0.453 e. The molecule has 0 saturated carbocycles. The van der Waals surface area contributed by atoms with Crippen LogP contribution in [0.3, 0.4) is 0 Å². The number of nitrogens with zero attached hydrogens (tertiary/aromatic N) is 1. The zero-order chi connectivity index (χ0) is 19.6. The van der Waals surface area contributed by atoms with Gasteiger partial charge in [-0.3, -0.25) is 10.1 Å². The summed E-state index contributed by atoms with van der Waals surface area (Å²) in [5.41, 5.74) is -0.208. The quantitative estimate of drug-likeness (QED) is 0.502. The minimum atomic E-state index is -3.79. The number of hydrogen-bond donors (Lipinski definition) is 1. The highest BCUT2D eigenvalue weighted by atomic mass is 35.5. The van der Waals surface area contributed by atoms with E-state index >= 15 is 0 Å². The number of ether oxygens (including phenoxy) is 1. The van der Waals surface area contributed by atoms with Crippen molar-refractivity contribution in [3.8, 4) is 11.5 Å². The molecule has 0 bridgehead atoms.